The minimum Gasteiger partial charge on any atom is -0.372 e. The van der Waals surface area contributed by atoms with E-state index < -0.39 is 0 Å². The van der Waals surface area contributed by atoms with Crippen LogP contribution in [0.1, 0.15) is 5.56 Å². The van der Waals surface area contributed by atoms with E-state index >= 15 is 0 Å². The van der Waals surface area contributed by atoms with E-state index in [9.17, 15) is 10.1 Å². The third kappa shape index (κ3) is 2.04. The lowest BCUT2D eigenvalue weighted by Crippen LogP contribution is -2.11. The molecule has 0 saturated carbocycles. The SMILES string of the molecule is Cc1cc(Br)cc(N(C)C)c1[N+](=O)[O-]. The summed E-state index contributed by atoms with van der Waals surface area (Å²) in [4.78, 5) is 12.2. The number of halogens is 1. The number of nitro benzene ring substituents is 1. The van der Waals surface area contributed by atoms with Crippen LogP contribution in [-0.4, -0.2) is 19.0 Å². The van der Waals surface area contributed by atoms with Gasteiger partial charge in [0.2, 0.25) is 0 Å². The van der Waals surface area contributed by atoms with Crippen LogP contribution in [0.4, 0.5) is 11.4 Å². The molecule has 76 valence electrons. The Hall–Kier alpha value is -1.10. The van der Waals surface area contributed by atoms with Gasteiger partial charge in [0.25, 0.3) is 5.69 Å². The van der Waals surface area contributed by atoms with Crippen molar-refractivity contribution >= 4 is 27.3 Å². The Balaban J connectivity index is 3.44. The lowest BCUT2D eigenvalue weighted by Gasteiger charge is -2.14. The van der Waals surface area contributed by atoms with Gasteiger partial charge in [-0.1, -0.05) is 15.9 Å². The molecule has 0 unspecified atom stereocenters. The third-order valence-electron chi connectivity index (χ3n) is 1.91. The second-order valence-electron chi connectivity index (χ2n) is 3.24. The molecule has 0 N–H and O–H groups in total. The molecule has 5 heteroatoms. The summed E-state index contributed by atoms with van der Waals surface area (Å²) in [6.07, 6.45) is 0. The van der Waals surface area contributed by atoms with Crippen molar-refractivity contribution in [3.05, 3.63) is 32.3 Å². The van der Waals surface area contributed by atoms with Crippen LogP contribution in [0.2, 0.25) is 0 Å². The van der Waals surface area contributed by atoms with Gasteiger partial charge in [-0.3, -0.25) is 10.1 Å². The molecule has 0 radical (unpaired) electrons. The van der Waals surface area contributed by atoms with Crippen molar-refractivity contribution in [1.82, 2.24) is 0 Å². The van der Waals surface area contributed by atoms with Crippen molar-refractivity contribution < 1.29 is 4.92 Å². The molecule has 0 saturated heterocycles. The summed E-state index contributed by atoms with van der Waals surface area (Å²) in [7, 11) is 3.57. The quantitative estimate of drug-likeness (QED) is 0.606. The van der Waals surface area contributed by atoms with Crippen LogP contribution in [0.5, 0.6) is 0 Å². The van der Waals surface area contributed by atoms with E-state index in [4.69, 9.17) is 0 Å². The summed E-state index contributed by atoms with van der Waals surface area (Å²) >= 11 is 3.32. The molecule has 0 aliphatic rings. The Labute approximate surface area is 90.8 Å². The van der Waals surface area contributed by atoms with Crippen LogP contribution in [-0.2, 0) is 0 Å². The van der Waals surface area contributed by atoms with Crippen LogP contribution < -0.4 is 4.90 Å². The van der Waals surface area contributed by atoms with Gasteiger partial charge in [-0.2, -0.15) is 0 Å². The molecule has 0 atom stereocenters. The summed E-state index contributed by atoms with van der Waals surface area (Å²) in [5.74, 6) is 0. The number of nitrogens with zero attached hydrogens (tertiary/aromatic N) is 2. The van der Waals surface area contributed by atoms with Crippen molar-refractivity contribution in [2.75, 3.05) is 19.0 Å². The maximum absolute atomic E-state index is 10.8. The largest absolute Gasteiger partial charge is 0.372 e. The van der Waals surface area contributed by atoms with Crippen molar-refractivity contribution in [2.24, 2.45) is 0 Å². The average Bonchev–Trinajstić information content (AvgIpc) is 2.01. The van der Waals surface area contributed by atoms with E-state index in [2.05, 4.69) is 15.9 Å². The molecule has 0 aromatic heterocycles. The first-order chi connectivity index (χ1) is 6.43. The molecule has 1 aromatic rings. The molecule has 1 aromatic carbocycles. The Bertz CT molecular complexity index is 377. The molecule has 0 spiro atoms. The maximum Gasteiger partial charge on any atom is 0.295 e. The summed E-state index contributed by atoms with van der Waals surface area (Å²) in [5, 5.41) is 10.8. The predicted molar refractivity (Wildman–Crippen MR) is 59.9 cm³/mol. The molecule has 0 bridgehead atoms. The normalized spacial score (nSPS) is 10.0. The van der Waals surface area contributed by atoms with Crippen molar-refractivity contribution in [2.45, 2.75) is 6.92 Å². The highest BCUT2D eigenvalue weighted by Crippen LogP contribution is 2.33. The Morgan fingerprint density at radius 1 is 1.43 bits per heavy atom. The van der Waals surface area contributed by atoms with Gasteiger partial charge in [-0.05, 0) is 19.1 Å². The topological polar surface area (TPSA) is 46.4 Å². The average molecular weight is 259 g/mol. The number of aryl methyl sites for hydroxylation is 1. The fourth-order valence-corrected chi connectivity index (χ4v) is 1.86. The van der Waals surface area contributed by atoms with E-state index in [0.29, 0.717) is 11.3 Å². The molecule has 4 nitrogen and oxygen atoms in total. The molecule has 0 amide bonds. The van der Waals surface area contributed by atoms with Crippen LogP contribution in [0, 0.1) is 17.0 Å². The second kappa shape index (κ2) is 3.96. The van der Waals surface area contributed by atoms with E-state index in [-0.39, 0.29) is 10.6 Å². The number of rotatable bonds is 2. The summed E-state index contributed by atoms with van der Waals surface area (Å²) in [6.45, 7) is 1.73. The first-order valence-electron chi connectivity index (χ1n) is 4.05. The predicted octanol–water partition coefficient (Wildman–Crippen LogP) is 2.73. The molecule has 0 aliphatic carbocycles. The number of benzene rings is 1. The fourth-order valence-electron chi connectivity index (χ4n) is 1.30. The monoisotopic (exact) mass is 258 g/mol. The second-order valence-corrected chi connectivity index (χ2v) is 4.16. The zero-order chi connectivity index (χ0) is 10.9. The van der Waals surface area contributed by atoms with Crippen molar-refractivity contribution in [3.8, 4) is 0 Å². The molecular formula is C9H11BrN2O2. The van der Waals surface area contributed by atoms with Crippen LogP contribution >= 0.6 is 15.9 Å². The summed E-state index contributed by atoms with van der Waals surface area (Å²) in [6, 6.07) is 3.48. The summed E-state index contributed by atoms with van der Waals surface area (Å²) < 4.78 is 0.851. The number of anilines is 1. The van der Waals surface area contributed by atoms with Gasteiger partial charge in [0, 0.05) is 24.1 Å². The lowest BCUT2D eigenvalue weighted by atomic mass is 10.1. The van der Waals surface area contributed by atoms with E-state index in [1.54, 1.807) is 38.1 Å². The van der Waals surface area contributed by atoms with Gasteiger partial charge in [0.15, 0.2) is 0 Å². The van der Waals surface area contributed by atoms with Gasteiger partial charge in [-0.15, -0.1) is 0 Å². The van der Waals surface area contributed by atoms with Crippen LogP contribution in [0.25, 0.3) is 0 Å². The zero-order valence-electron chi connectivity index (χ0n) is 8.24. The fraction of sp³-hybridized carbons (Fsp3) is 0.333. The Morgan fingerprint density at radius 2 is 2.00 bits per heavy atom. The Morgan fingerprint density at radius 3 is 2.43 bits per heavy atom. The van der Waals surface area contributed by atoms with E-state index in [1.807, 2.05) is 0 Å². The van der Waals surface area contributed by atoms with Crippen LogP contribution in [0.15, 0.2) is 16.6 Å². The van der Waals surface area contributed by atoms with Gasteiger partial charge >= 0.3 is 0 Å². The number of hydrogen-bond acceptors (Lipinski definition) is 3. The molecule has 0 heterocycles. The number of hydrogen-bond donors (Lipinski definition) is 0. The molecular weight excluding hydrogens is 248 g/mol. The highest BCUT2D eigenvalue weighted by molar-refractivity contribution is 9.10. The van der Waals surface area contributed by atoms with Gasteiger partial charge in [0.05, 0.1) is 4.92 Å². The van der Waals surface area contributed by atoms with Crippen molar-refractivity contribution in [1.29, 1.82) is 0 Å². The molecule has 0 fully saturated rings. The van der Waals surface area contributed by atoms with E-state index in [1.165, 1.54) is 0 Å². The maximum atomic E-state index is 10.8. The first-order valence-corrected chi connectivity index (χ1v) is 4.84. The smallest absolute Gasteiger partial charge is 0.295 e. The van der Waals surface area contributed by atoms with E-state index in [0.717, 1.165) is 4.47 Å². The van der Waals surface area contributed by atoms with Gasteiger partial charge in [0.1, 0.15) is 5.69 Å². The zero-order valence-corrected chi connectivity index (χ0v) is 9.83. The number of nitro groups is 1. The molecule has 1 rings (SSSR count). The minimum atomic E-state index is -0.350. The molecule has 0 aliphatic heterocycles. The summed E-state index contributed by atoms with van der Waals surface area (Å²) in [5.41, 5.74) is 1.44. The van der Waals surface area contributed by atoms with Gasteiger partial charge < -0.3 is 4.90 Å². The third-order valence-corrected chi connectivity index (χ3v) is 2.37. The first kappa shape index (κ1) is 11.0. The lowest BCUT2D eigenvalue weighted by molar-refractivity contribution is -0.384. The molecule has 14 heavy (non-hydrogen) atoms. The van der Waals surface area contributed by atoms with Crippen molar-refractivity contribution in [3.63, 3.8) is 0 Å². The Kier molecular flexibility index (Phi) is 3.10. The highest BCUT2D eigenvalue weighted by atomic mass is 79.9. The van der Waals surface area contributed by atoms with Gasteiger partial charge in [-0.25, -0.2) is 0 Å². The standard InChI is InChI=1S/C9H11BrN2O2/c1-6-4-7(10)5-8(11(2)3)9(6)12(13)14/h4-5H,1-3H3. The van der Waals surface area contributed by atoms with Crippen LogP contribution in [0.3, 0.4) is 0 Å². The minimum absolute atomic E-state index is 0.165. The highest BCUT2D eigenvalue weighted by Gasteiger charge is 2.19.